The molecule has 0 amide bonds. The minimum absolute atomic E-state index is 0.317. The van der Waals surface area contributed by atoms with E-state index in [1.165, 1.54) is 7.11 Å². The van der Waals surface area contributed by atoms with Crippen LogP contribution in [0.2, 0.25) is 0 Å². The molecule has 1 aliphatic rings. The molecule has 0 bridgehead atoms. The van der Waals surface area contributed by atoms with E-state index in [2.05, 4.69) is 26.1 Å². The fourth-order valence-electron chi connectivity index (χ4n) is 2.22. The van der Waals surface area contributed by atoms with Crippen LogP contribution in [0.15, 0.2) is 22.7 Å². The summed E-state index contributed by atoms with van der Waals surface area (Å²) >= 11 is 3.50. The fourth-order valence-corrected chi connectivity index (χ4v) is 2.74. The van der Waals surface area contributed by atoms with Gasteiger partial charge >= 0.3 is 5.97 Å². The predicted molar refractivity (Wildman–Crippen MR) is 84.4 cm³/mol. The van der Waals surface area contributed by atoms with E-state index >= 15 is 0 Å². The summed E-state index contributed by atoms with van der Waals surface area (Å²) in [5, 5.41) is 3.42. The van der Waals surface area contributed by atoms with Crippen LogP contribution in [0, 0.1) is 0 Å². The maximum absolute atomic E-state index is 11.4. The molecule has 0 spiro atoms. The Kier molecular flexibility index (Phi) is 6.63. The molecule has 1 N–H and O–H groups in total. The van der Waals surface area contributed by atoms with Gasteiger partial charge in [0, 0.05) is 37.2 Å². The van der Waals surface area contributed by atoms with Crippen LogP contribution in [0.4, 0.5) is 0 Å². The molecule has 1 aliphatic heterocycles. The second-order valence-corrected chi connectivity index (χ2v) is 5.78. The average Bonchev–Trinajstić information content (AvgIpc) is 2.53. The number of hydrogen-bond acceptors (Lipinski definition) is 5. The van der Waals surface area contributed by atoms with Gasteiger partial charge in [0.1, 0.15) is 0 Å². The topological polar surface area (TPSA) is 50.8 Å². The Bertz CT molecular complexity index is 476. The lowest BCUT2D eigenvalue weighted by Gasteiger charge is -2.26. The molecule has 6 heteroatoms. The highest BCUT2D eigenvalue weighted by Crippen LogP contribution is 2.19. The number of nitrogens with zero attached hydrogens (tertiary/aromatic N) is 1. The highest BCUT2D eigenvalue weighted by Gasteiger charge is 2.10. The number of benzene rings is 1. The van der Waals surface area contributed by atoms with E-state index < -0.39 is 0 Å². The van der Waals surface area contributed by atoms with Gasteiger partial charge in [0.25, 0.3) is 0 Å². The summed E-state index contributed by atoms with van der Waals surface area (Å²) < 4.78 is 11.0. The van der Waals surface area contributed by atoms with Crippen LogP contribution < -0.4 is 5.32 Å². The lowest BCUT2D eigenvalue weighted by Crippen LogP contribution is -2.40. The lowest BCUT2D eigenvalue weighted by molar-refractivity contribution is 0.0384. The van der Waals surface area contributed by atoms with Crippen LogP contribution in [0.5, 0.6) is 0 Å². The van der Waals surface area contributed by atoms with Crippen molar-refractivity contribution in [2.45, 2.75) is 6.54 Å². The molecule has 1 heterocycles. The number of morpholine rings is 1. The normalized spacial score (nSPS) is 15.9. The van der Waals surface area contributed by atoms with Gasteiger partial charge in [-0.3, -0.25) is 4.90 Å². The van der Waals surface area contributed by atoms with E-state index in [1.807, 2.05) is 6.07 Å². The van der Waals surface area contributed by atoms with Crippen molar-refractivity contribution in [1.82, 2.24) is 10.2 Å². The van der Waals surface area contributed by atoms with Crippen molar-refractivity contribution in [3.05, 3.63) is 33.8 Å². The Balaban J connectivity index is 1.76. The largest absolute Gasteiger partial charge is 0.465 e. The van der Waals surface area contributed by atoms with Crippen molar-refractivity contribution in [3.63, 3.8) is 0 Å². The van der Waals surface area contributed by atoms with Gasteiger partial charge in [-0.05, 0) is 17.7 Å². The quantitative estimate of drug-likeness (QED) is 0.620. The summed E-state index contributed by atoms with van der Waals surface area (Å²) in [6.07, 6.45) is 0. The molecule has 2 rings (SSSR count). The molecule has 1 saturated heterocycles. The maximum atomic E-state index is 11.4. The third kappa shape index (κ3) is 5.07. The zero-order chi connectivity index (χ0) is 15.1. The van der Waals surface area contributed by atoms with Crippen molar-refractivity contribution in [3.8, 4) is 0 Å². The van der Waals surface area contributed by atoms with Crippen LogP contribution in [0.3, 0.4) is 0 Å². The Morgan fingerprint density at radius 2 is 2.19 bits per heavy atom. The third-order valence-corrected chi connectivity index (χ3v) is 4.24. The summed E-state index contributed by atoms with van der Waals surface area (Å²) in [6, 6.07) is 5.53. The van der Waals surface area contributed by atoms with E-state index in [0.717, 1.165) is 56.0 Å². The van der Waals surface area contributed by atoms with Gasteiger partial charge in [0.2, 0.25) is 0 Å². The Morgan fingerprint density at radius 3 is 2.86 bits per heavy atom. The molecule has 0 aliphatic carbocycles. The minimum atomic E-state index is -0.317. The third-order valence-electron chi connectivity index (χ3n) is 3.50. The number of ether oxygens (including phenoxy) is 2. The number of hydrogen-bond donors (Lipinski definition) is 1. The van der Waals surface area contributed by atoms with Crippen LogP contribution in [-0.4, -0.2) is 57.4 Å². The minimum Gasteiger partial charge on any atom is -0.465 e. The maximum Gasteiger partial charge on any atom is 0.337 e. The van der Waals surface area contributed by atoms with E-state index in [9.17, 15) is 4.79 Å². The van der Waals surface area contributed by atoms with Crippen molar-refractivity contribution < 1.29 is 14.3 Å². The smallest absolute Gasteiger partial charge is 0.337 e. The monoisotopic (exact) mass is 356 g/mol. The Labute approximate surface area is 133 Å². The zero-order valence-corrected chi connectivity index (χ0v) is 13.8. The molecule has 0 saturated carbocycles. The van der Waals surface area contributed by atoms with Crippen LogP contribution in [-0.2, 0) is 16.0 Å². The van der Waals surface area contributed by atoms with Gasteiger partial charge in [0.15, 0.2) is 0 Å². The summed E-state index contributed by atoms with van der Waals surface area (Å²) in [5.74, 6) is -0.317. The van der Waals surface area contributed by atoms with E-state index in [0.29, 0.717) is 5.56 Å². The summed E-state index contributed by atoms with van der Waals surface area (Å²) in [5.41, 5.74) is 1.69. The van der Waals surface area contributed by atoms with E-state index in [4.69, 9.17) is 9.47 Å². The first kappa shape index (κ1) is 16.4. The van der Waals surface area contributed by atoms with Gasteiger partial charge in [-0.25, -0.2) is 4.79 Å². The van der Waals surface area contributed by atoms with Gasteiger partial charge in [-0.2, -0.15) is 0 Å². The number of carbonyl (C=O) groups excluding carboxylic acids is 1. The summed E-state index contributed by atoms with van der Waals surface area (Å²) in [7, 11) is 1.39. The van der Waals surface area contributed by atoms with Crippen molar-refractivity contribution in [2.75, 3.05) is 46.5 Å². The molecule has 21 heavy (non-hydrogen) atoms. The molecule has 0 atom stereocenters. The molecular formula is C15H21BrN2O3. The molecule has 1 fully saturated rings. The second kappa shape index (κ2) is 8.48. The Morgan fingerprint density at radius 1 is 1.43 bits per heavy atom. The van der Waals surface area contributed by atoms with Crippen molar-refractivity contribution >= 4 is 21.9 Å². The lowest BCUT2D eigenvalue weighted by atomic mass is 10.1. The number of esters is 1. The van der Waals surface area contributed by atoms with Crippen molar-refractivity contribution in [2.24, 2.45) is 0 Å². The van der Waals surface area contributed by atoms with Gasteiger partial charge < -0.3 is 14.8 Å². The zero-order valence-electron chi connectivity index (χ0n) is 12.2. The molecule has 0 aromatic heterocycles. The number of halogens is 1. The summed E-state index contributed by atoms with van der Waals surface area (Å²) in [4.78, 5) is 13.8. The SMILES string of the molecule is COC(=O)c1ccc(CNCCN2CCOCC2)c(Br)c1. The molecule has 1 aromatic rings. The molecule has 5 nitrogen and oxygen atoms in total. The second-order valence-electron chi connectivity index (χ2n) is 4.93. The fraction of sp³-hybridized carbons (Fsp3) is 0.533. The molecule has 116 valence electrons. The Hall–Kier alpha value is -0.950. The number of rotatable bonds is 6. The highest BCUT2D eigenvalue weighted by molar-refractivity contribution is 9.10. The van der Waals surface area contributed by atoms with E-state index in [-0.39, 0.29) is 5.97 Å². The van der Waals surface area contributed by atoms with Crippen LogP contribution >= 0.6 is 15.9 Å². The van der Waals surface area contributed by atoms with E-state index in [1.54, 1.807) is 12.1 Å². The molecule has 0 unspecified atom stereocenters. The number of methoxy groups -OCH3 is 1. The van der Waals surface area contributed by atoms with Gasteiger partial charge in [-0.1, -0.05) is 22.0 Å². The first-order valence-electron chi connectivity index (χ1n) is 7.08. The first-order valence-corrected chi connectivity index (χ1v) is 7.87. The van der Waals surface area contributed by atoms with Crippen molar-refractivity contribution in [1.29, 1.82) is 0 Å². The standard InChI is InChI=1S/C15H21BrN2O3/c1-20-15(19)12-2-3-13(14(16)10-12)11-17-4-5-18-6-8-21-9-7-18/h2-3,10,17H,4-9,11H2,1H3. The summed E-state index contributed by atoms with van der Waals surface area (Å²) in [6.45, 7) is 6.43. The average molecular weight is 357 g/mol. The van der Waals surface area contributed by atoms with Crippen LogP contribution in [0.1, 0.15) is 15.9 Å². The first-order chi connectivity index (χ1) is 10.2. The molecular weight excluding hydrogens is 336 g/mol. The van der Waals surface area contributed by atoms with Gasteiger partial charge in [0.05, 0.1) is 25.9 Å². The number of carbonyl (C=O) groups is 1. The van der Waals surface area contributed by atoms with Gasteiger partial charge in [-0.15, -0.1) is 0 Å². The van der Waals surface area contributed by atoms with Crippen LogP contribution in [0.25, 0.3) is 0 Å². The molecule has 0 radical (unpaired) electrons. The number of nitrogens with one attached hydrogen (secondary N) is 1. The predicted octanol–water partition coefficient (Wildman–Crippen LogP) is 1.66. The highest BCUT2D eigenvalue weighted by atomic mass is 79.9. The molecule has 1 aromatic carbocycles.